The smallest absolute Gasteiger partial charge is 0.260 e. The van der Waals surface area contributed by atoms with Crippen LogP contribution in [0.1, 0.15) is 0 Å². The Morgan fingerprint density at radius 2 is 2.60 bits per heavy atom. The summed E-state index contributed by atoms with van der Waals surface area (Å²) >= 11 is 0. The lowest BCUT2D eigenvalue weighted by Gasteiger charge is -1.67. The molecule has 2 N–H and O–H groups in total. The van der Waals surface area contributed by atoms with Crippen molar-refractivity contribution >= 4 is 6.08 Å². The molecule has 0 rings (SSSR count). The first kappa shape index (κ1) is 4.14. The van der Waals surface area contributed by atoms with Crippen LogP contribution in [0.3, 0.4) is 0 Å². The molecule has 0 spiro atoms. The van der Waals surface area contributed by atoms with Crippen molar-refractivity contribution in [2.24, 2.45) is 5.10 Å². The second-order valence-electron chi connectivity index (χ2n) is 0.303. The van der Waals surface area contributed by atoms with Gasteiger partial charge in [0, 0.05) is 0 Å². The van der Waals surface area contributed by atoms with E-state index in [1.165, 1.54) is 5.59 Å². The molecule has 0 aromatic carbocycles. The van der Waals surface area contributed by atoms with Gasteiger partial charge in [0.1, 0.15) is 0 Å². The Morgan fingerprint density at radius 3 is 2.60 bits per heavy atom. The van der Waals surface area contributed by atoms with E-state index in [-0.39, 0.29) is 0 Å². The Morgan fingerprint density at radius 1 is 2.00 bits per heavy atom. The molecule has 0 unspecified atom stereocenters. The minimum Gasteiger partial charge on any atom is -0.273 e. The zero-order chi connectivity index (χ0) is 4.12. The maximum atomic E-state index is 8.89. The molecule has 0 bridgehead atoms. The number of rotatable bonds is 1. The largest absolute Gasteiger partial charge is 0.273 e. The average Bonchev–Trinajstić information content (AvgIpc) is 1.41. The van der Waals surface area contributed by atoms with Gasteiger partial charge >= 0.3 is 0 Å². The summed E-state index contributed by atoms with van der Waals surface area (Å²) in [7, 11) is 0. The van der Waals surface area contributed by atoms with E-state index < -0.39 is 0 Å². The van der Waals surface area contributed by atoms with Gasteiger partial charge in [0.25, 0.3) is 6.08 Å². The lowest BCUT2D eigenvalue weighted by Crippen LogP contribution is -1.91. The molecule has 0 aliphatic rings. The molecular formula is CH2N2O2. The average molecular weight is 74.0 g/mol. The highest BCUT2D eigenvalue weighted by molar-refractivity contribution is 5.31. The minimum absolute atomic E-state index is 1.03. The SMILES string of the molecule is O=C=NNO. The molecule has 0 fully saturated rings. The van der Waals surface area contributed by atoms with Crippen LogP contribution >= 0.6 is 0 Å². The topological polar surface area (TPSA) is 61.7 Å². The number of nitrogens with one attached hydrogen (secondary N) is 1. The first-order valence-corrected chi connectivity index (χ1v) is 0.875. The second kappa shape index (κ2) is 3.14. The highest BCUT2D eigenvalue weighted by Gasteiger charge is 1.45. The predicted molar refractivity (Wildman–Crippen MR) is 13.0 cm³/mol. The highest BCUT2D eigenvalue weighted by Crippen LogP contribution is 1.31. The number of hydrogen-bond donors (Lipinski definition) is 2. The lowest BCUT2D eigenvalue weighted by molar-refractivity contribution is 0.171. The maximum Gasteiger partial charge on any atom is 0.260 e. The summed E-state index contributed by atoms with van der Waals surface area (Å²) < 4.78 is 0. The molecular weight excluding hydrogens is 72.0 g/mol. The Balaban J connectivity index is 2.93. The number of nitrogens with zero attached hydrogens (tertiary/aromatic N) is 1. The van der Waals surface area contributed by atoms with Crippen molar-refractivity contribution in [1.82, 2.24) is 5.59 Å². The summed E-state index contributed by atoms with van der Waals surface area (Å²) in [6.45, 7) is 0. The Labute approximate surface area is 28.1 Å². The molecule has 0 radical (unpaired) electrons. The minimum atomic E-state index is 1.03. The van der Waals surface area contributed by atoms with Gasteiger partial charge in [-0.2, -0.15) is 5.59 Å². The van der Waals surface area contributed by atoms with Crippen molar-refractivity contribution in [2.75, 3.05) is 0 Å². The molecule has 0 aliphatic heterocycles. The van der Waals surface area contributed by atoms with Gasteiger partial charge in [0.15, 0.2) is 0 Å². The van der Waals surface area contributed by atoms with Gasteiger partial charge in [-0.3, -0.25) is 5.21 Å². The highest BCUT2D eigenvalue weighted by atomic mass is 16.5. The molecule has 0 saturated carbocycles. The quantitative estimate of drug-likeness (QED) is 0.243. The molecule has 0 saturated heterocycles. The maximum absolute atomic E-state index is 8.89. The second-order valence-corrected chi connectivity index (χ2v) is 0.303. The van der Waals surface area contributed by atoms with Gasteiger partial charge in [0.05, 0.1) is 0 Å². The summed E-state index contributed by atoms with van der Waals surface area (Å²) in [5.74, 6) is 0. The van der Waals surface area contributed by atoms with Crippen LogP contribution in [0, 0.1) is 0 Å². The van der Waals surface area contributed by atoms with Crippen molar-refractivity contribution in [3.8, 4) is 0 Å². The third-order valence-electron chi connectivity index (χ3n) is 0.0956. The molecule has 5 heavy (non-hydrogen) atoms. The van der Waals surface area contributed by atoms with E-state index in [0.29, 0.717) is 0 Å². The van der Waals surface area contributed by atoms with Crippen LogP contribution < -0.4 is 5.59 Å². The molecule has 0 heterocycles. The first-order chi connectivity index (χ1) is 2.41. The summed E-state index contributed by atoms with van der Waals surface area (Å²) in [6, 6.07) is 0. The van der Waals surface area contributed by atoms with Gasteiger partial charge in [0.2, 0.25) is 0 Å². The van der Waals surface area contributed by atoms with Gasteiger partial charge in [-0.25, -0.2) is 4.79 Å². The van der Waals surface area contributed by atoms with Crippen LogP contribution in [0.4, 0.5) is 0 Å². The van der Waals surface area contributed by atoms with E-state index in [1.54, 1.807) is 0 Å². The molecule has 0 aliphatic carbocycles. The van der Waals surface area contributed by atoms with Gasteiger partial charge in [-0.1, -0.05) is 5.10 Å². The Kier molecular flexibility index (Phi) is 2.60. The lowest BCUT2D eigenvalue weighted by atomic mass is 11.6. The third kappa shape index (κ3) is 3.14. The van der Waals surface area contributed by atoms with Crippen LogP contribution in [0.2, 0.25) is 0 Å². The third-order valence-corrected chi connectivity index (χ3v) is 0.0956. The van der Waals surface area contributed by atoms with Gasteiger partial charge in [-0.15, -0.1) is 0 Å². The van der Waals surface area contributed by atoms with Crippen molar-refractivity contribution in [3.63, 3.8) is 0 Å². The number of isocyanates is 1. The van der Waals surface area contributed by atoms with Gasteiger partial charge in [-0.05, 0) is 0 Å². The van der Waals surface area contributed by atoms with E-state index in [1.807, 2.05) is 0 Å². The van der Waals surface area contributed by atoms with Crippen molar-refractivity contribution in [3.05, 3.63) is 0 Å². The fraction of sp³-hybridized carbons (Fsp3) is 0. The zero-order valence-corrected chi connectivity index (χ0v) is 2.30. The summed E-state index contributed by atoms with van der Waals surface area (Å²) in [5, 5.41) is 9.86. The molecule has 4 heteroatoms. The van der Waals surface area contributed by atoms with Crippen LogP contribution in [-0.2, 0) is 4.79 Å². The molecule has 28 valence electrons. The summed E-state index contributed by atoms with van der Waals surface area (Å²) in [6.07, 6.45) is 1.03. The monoisotopic (exact) mass is 74.0 g/mol. The summed E-state index contributed by atoms with van der Waals surface area (Å²) in [5.41, 5.74) is 1.22. The molecule has 0 amide bonds. The zero-order valence-electron chi connectivity index (χ0n) is 2.30. The number of carbonyl (C=O) groups excluding carboxylic acids is 1. The predicted octanol–water partition coefficient (Wildman–Crippen LogP) is -0.784. The first-order valence-electron chi connectivity index (χ1n) is 0.875. The van der Waals surface area contributed by atoms with E-state index in [2.05, 4.69) is 5.10 Å². The van der Waals surface area contributed by atoms with Crippen LogP contribution in [0.25, 0.3) is 0 Å². The van der Waals surface area contributed by atoms with Crippen molar-refractivity contribution in [1.29, 1.82) is 0 Å². The number of hydrazone groups is 1. The normalized spacial score (nSPS) is 5.00. The Bertz CT molecular complexity index is 54.7. The fourth-order valence-corrected chi connectivity index (χ4v) is 0.0204. The van der Waals surface area contributed by atoms with E-state index in [4.69, 9.17) is 10.0 Å². The van der Waals surface area contributed by atoms with Crippen LogP contribution in [0.15, 0.2) is 5.10 Å². The van der Waals surface area contributed by atoms with Crippen LogP contribution in [-0.4, -0.2) is 11.3 Å². The molecule has 4 nitrogen and oxygen atoms in total. The van der Waals surface area contributed by atoms with E-state index >= 15 is 0 Å². The Hall–Kier alpha value is -0.860. The molecule has 0 aromatic heterocycles. The molecule has 0 atom stereocenters. The standard InChI is InChI=1S/CH2N2O2/c4-1-2-3-5/h3,5H. The summed E-state index contributed by atoms with van der Waals surface area (Å²) in [4.78, 5) is 8.89. The fourth-order valence-electron chi connectivity index (χ4n) is 0.0204. The van der Waals surface area contributed by atoms with Crippen molar-refractivity contribution < 1.29 is 10.0 Å². The van der Waals surface area contributed by atoms with E-state index in [0.717, 1.165) is 6.08 Å². The number of hydrogen-bond acceptors (Lipinski definition) is 4. The molecule has 0 aromatic rings. The van der Waals surface area contributed by atoms with Crippen molar-refractivity contribution in [2.45, 2.75) is 0 Å². The van der Waals surface area contributed by atoms with Gasteiger partial charge < -0.3 is 0 Å². The van der Waals surface area contributed by atoms with E-state index in [9.17, 15) is 0 Å². The van der Waals surface area contributed by atoms with Crippen LogP contribution in [0.5, 0.6) is 0 Å².